The molecule has 1 aliphatic carbocycles. The van der Waals surface area contributed by atoms with Crippen molar-refractivity contribution in [1.29, 1.82) is 0 Å². The first kappa shape index (κ1) is 9.46. The van der Waals surface area contributed by atoms with Gasteiger partial charge in [0, 0.05) is 0 Å². The monoisotopic (exact) mass is 198 g/mol. The second-order valence-electron chi connectivity index (χ2n) is 3.15. The van der Waals surface area contributed by atoms with Gasteiger partial charge in [-0.25, -0.2) is 8.60 Å². The van der Waals surface area contributed by atoms with Crippen LogP contribution in [0, 0.1) is 0 Å². The minimum Gasteiger partial charge on any atom is -0.243 e. The summed E-state index contributed by atoms with van der Waals surface area (Å²) < 4.78 is 24.1. The summed E-state index contributed by atoms with van der Waals surface area (Å²) in [4.78, 5) is 0. The summed E-state index contributed by atoms with van der Waals surface area (Å²) in [5, 5.41) is 0. The first-order valence-corrected chi connectivity index (χ1v) is 6.00. The maximum absolute atomic E-state index is 13.5. The Hall–Kier alpha value is 0.370. The lowest BCUT2D eigenvalue weighted by molar-refractivity contribution is 0.134. The molecular formula is C7H12ClFOS. The van der Waals surface area contributed by atoms with E-state index in [1.165, 1.54) is 0 Å². The highest BCUT2D eigenvalue weighted by Gasteiger charge is 2.33. The van der Waals surface area contributed by atoms with Gasteiger partial charge in [-0.15, -0.1) is 0 Å². The average Bonchev–Trinajstić information content (AvgIpc) is 1.85. The van der Waals surface area contributed by atoms with Crippen molar-refractivity contribution in [2.45, 2.75) is 37.8 Å². The topological polar surface area (TPSA) is 17.1 Å². The highest BCUT2D eigenvalue weighted by atomic mass is 35.7. The van der Waals surface area contributed by atoms with E-state index in [4.69, 9.17) is 10.7 Å². The van der Waals surface area contributed by atoms with Crippen LogP contribution in [0.1, 0.15) is 32.1 Å². The Morgan fingerprint density at radius 2 is 1.91 bits per heavy atom. The lowest BCUT2D eigenvalue weighted by Gasteiger charge is -2.27. The zero-order valence-electron chi connectivity index (χ0n) is 6.32. The van der Waals surface area contributed by atoms with Crippen LogP contribution in [-0.2, 0) is 10.0 Å². The molecule has 0 amide bonds. The molecule has 1 unspecified atom stereocenters. The van der Waals surface area contributed by atoms with Crippen molar-refractivity contribution in [1.82, 2.24) is 0 Å². The van der Waals surface area contributed by atoms with Gasteiger partial charge in [-0.2, -0.15) is 0 Å². The van der Waals surface area contributed by atoms with Gasteiger partial charge in [-0.3, -0.25) is 0 Å². The molecule has 0 aromatic rings. The van der Waals surface area contributed by atoms with Crippen molar-refractivity contribution in [3.05, 3.63) is 0 Å². The van der Waals surface area contributed by atoms with Gasteiger partial charge in [0.2, 0.25) is 0 Å². The standard InChI is InChI=1S/C7H12ClFOS/c8-11(10)6-7(9)4-2-1-3-5-7/h1-6H2. The van der Waals surface area contributed by atoms with Crippen molar-refractivity contribution < 1.29 is 8.60 Å². The van der Waals surface area contributed by atoms with Gasteiger partial charge < -0.3 is 0 Å². The van der Waals surface area contributed by atoms with E-state index in [1.807, 2.05) is 0 Å². The van der Waals surface area contributed by atoms with Crippen LogP contribution in [0.3, 0.4) is 0 Å². The fourth-order valence-corrected chi connectivity index (χ4v) is 2.82. The zero-order valence-corrected chi connectivity index (χ0v) is 7.89. The van der Waals surface area contributed by atoms with Crippen molar-refractivity contribution >= 4 is 20.7 Å². The molecule has 66 valence electrons. The maximum Gasteiger partial charge on any atom is 0.123 e. The fraction of sp³-hybridized carbons (Fsp3) is 1.00. The van der Waals surface area contributed by atoms with Crippen molar-refractivity contribution in [3.8, 4) is 0 Å². The Bertz CT molecular complexity index is 157. The molecule has 11 heavy (non-hydrogen) atoms. The van der Waals surface area contributed by atoms with Crippen LogP contribution in [0.2, 0.25) is 0 Å². The highest BCUT2D eigenvalue weighted by molar-refractivity contribution is 8.08. The van der Waals surface area contributed by atoms with Crippen molar-refractivity contribution in [3.63, 3.8) is 0 Å². The maximum atomic E-state index is 13.5. The van der Waals surface area contributed by atoms with Crippen molar-refractivity contribution in [2.75, 3.05) is 5.75 Å². The minimum atomic E-state index is -1.51. The Morgan fingerprint density at radius 1 is 1.36 bits per heavy atom. The number of rotatable bonds is 2. The quantitative estimate of drug-likeness (QED) is 0.624. The average molecular weight is 199 g/mol. The van der Waals surface area contributed by atoms with Gasteiger partial charge in [-0.1, -0.05) is 19.3 Å². The molecule has 1 atom stereocenters. The second kappa shape index (κ2) is 3.85. The summed E-state index contributed by atoms with van der Waals surface area (Å²) in [5.41, 5.74) is -1.23. The van der Waals surface area contributed by atoms with Crippen LogP contribution in [0.5, 0.6) is 0 Å². The van der Waals surface area contributed by atoms with E-state index >= 15 is 0 Å². The molecule has 1 nitrogen and oxygen atoms in total. The van der Waals surface area contributed by atoms with E-state index in [1.54, 1.807) is 0 Å². The first-order chi connectivity index (χ1) is 5.12. The van der Waals surface area contributed by atoms with E-state index in [0.717, 1.165) is 19.3 Å². The van der Waals surface area contributed by atoms with E-state index in [0.29, 0.717) is 12.8 Å². The van der Waals surface area contributed by atoms with Gasteiger partial charge in [0.05, 0.1) is 5.75 Å². The number of hydrogen-bond acceptors (Lipinski definition) is 1. The molecule has 0 aliphatic heterocycles. The third-order valence-electron chi connectivity index (χ3n) is 2.12. The normalized spacial score (nSPS) is 26.4. The summed E-state index contributed by atoms with van der Waals surface area (Å²) in [5.74, 6) is 0.00849. The predicted octanol–water partition coefficient (Wildman–Crippen LogP) is 2.56. The molecule has 0 radical (unpaired) electrons. The third-order valence-corrected chi connectivity index (χ3v) is 3.19. The van der Waals surface area contributed by atoms with Crippen LogP contribution < -0.4 is 0 Å². The van der Waals surface area contributed by atoms with Gasteiger partial charge >= 0.3 is 0 Å². The summed E-state index contributed by atoms with van der Waals surface area (Å²) in [6, 6.07) is 0. The van der Waals surface area contributed by atoms with Crippen molar-refractivity contribution in [2.24, 2.45) is 0 Å². The van der Waals surface area contributed by atoms with Gasteiger partial charge in [0.15, 0.2) is 0 Å². The zero-order chi connectivity index (χ0) is 8.32. The van der Waals surface area contributed by atoms with Crippen LogP contribution in [0.4, 0.5) is 4.39 Å². The molecule has 0 saturated heterocycles. The summed E-state index contributed by atoms with van der Waals surface area (Å²) in [6.07, 6.45) is 3.98. The molecule has 0 heterocycles. The molecule has 1 saturated carbocycles. The van der Waals surface area contributed by atoms with E-state index in [-0.39, 0.29) is 5.75 Å². The Morgan fingerprint density at radius 3 is 2.36 bits per heavy atom. The van der Waals surface area contributed by atoms with Gasteiger partial charge in [-0.05, 0) is 23.5 Å². The fourth-order valence-electron chi connectivity index (χ4n) is 1.53. The van der Waals surface area contributed by atoms with Gasteiger partial charge in [0.25, 0.3) is 0 Å². The molecule has 0 N–H and O–H groups in total. The van der Waals surface area contributed by atoms with E-state index in [2.05, 4.69) is 0 Å². The van der Waals surface area contributed by atoms with Crippen LogP contribution in [0.15, 0.2) is 0 Å². The Balaban J connectivity index is 2.43. The second-order valence-corrected chi connectivity index (χ2v) is 5.05. The predicted molar refractivity (Wildman–Crippen MR) is 45.8 cm³/mol. The molecule has 0 aromatic heterocycles. The number of hydrogen-bond donors (Lipinski definition) is 0. The molecule has 1 fully saturated rings. The van der Waals surface area contributed by atoms with E-state index in [9.17, 15) is 8.60 Å². The van der Waals surface area contributed by atoms with Crippen LogP contribution >= 0.6 is 10.7 Å². The molecule has 0 bridgehead atoms. The minimum absolute atomic E-state index is 0.00849. The van der Waals surface area contributed by atoms with E-state index < -0.39 is 15.7 Å². The number of alkyl halides is 1. The SMILES string of the molecule is O=S(Cl)CC1(F)CCCCC1. The molecule has 0 aromatic carbocycles. The Kier molecular flexibility index (Phi) is 3.31. The molecular weight excluding hydrogens is 187 g/mol. The van der Waals surface area contributed by atoms with Crippen LogP contribution in [-0.4, -0.2) is 15.6 Å². The first-order valence-electron chi connectivity index (χ1n) is 3.86. The molecule has 0 spiro atoms. The lowest BCUT2D eigenvalue weighted by Crippen LogP contribution is -2.31. The third kappa shape index (κ3) is 3.08. The van der Waals surface area contributed by atoms with Crippen LogP contribution in [0.25, 0.3) is 0 Å². The summed E-state index contributed by atoms with van der Waals surface area (Å²) in [6.45, 7) is 0. The smallest absolute Gasteiger partial charge is 0.123 e. The highest BCUT2D eigenvalue weighted by Crippen LogP contribution is 2.32. The van der Waals surface area contributed by atoms with Gasteiger partial charge in [0.1, 0.15) is 15.7 Å². The largest absolute Gasteiger partial charge is 0.243 e. The molecule has 1 aliphatic rings. The number of halogens is 2. The molecule has 4 heteroatoms. The summed E-state index contributed by atoms with van der Waals surface area (Å²) in [7, 11) is 3.73. The Labute approximate surface area is 73.3 Å². The summed E-state index contributed by atoms with van der Waals surface area (Å²) >= 11 is 0. The molecule has 1 rings (SSSR count). The lowest BCUT2D eigenvalue weighted by atomic mass is 9.88.